The molecule has 0 bridgehead atoms. The van der Waals surface area contributed by atoms with Gasteiger partial charge in [-0.25, -0.2) is 0 Å². The van der Waals surface area contributed by atoms with Crippen molar-refractivity contribution in [1.29, 1.82) is 0 Å². The molecule has 1 aromatic heterocycles. The van der Waals surface area contributed by atoms with Crippen LogP contribution in [-0.4, -0.2) is 20.9 Å². The van der Waals surface area contributed by atoms with Gasteiger partial charge in [0, 0.05) is 17.9 Å². The van der Waals surface area contributed by atoms with Gasteiger partial charge in [0.25, 0.3) is 5.69 Å². The van der Waals surface area contributed by atoms with Crippen LogP contribution < -0.4 is 0 Å². The van der Waals surface area contributed by atoms with Crippen molar-refractivity contribution in [2.24, 2.45) is 0 Å². The van der Waals surface area contributed by atoms with Crippen LogP contribution in [-0.2, 0) is 5.75 Å². The van der Waals surface area contributed by atoms with E-state index in [-0.39, 0.29) is 10.6 Å². The highest BCUT2D eigenvalue weighted by molar-refractivity contribution is 8.02. The minimum atomic E-state index is -0.380. The maximum atomic E-state index is 10.7. The number of nitrogens with zero attached hydrogens (tertiary/aromatic N) is 3. The van der Waals surface area contributed by atoms with E-state index in [0.29, 0.717) is 5.75 Å². The molecule has 0 atom stereocenters. The number of hydrogen-bond donors (Lipinski definition) is 0. The Balaban J connectivity index is 1.97. The van der Waals surface area contributed by atoms with Gasteiger partial charge in [0.1, 0.15) is 0 Å². The number of aromatic nitrogens is 2. The van der Waals surface area contributed by atoms with Gasteiger partial charge in [-0.1, -0.05) is 53.9 Å². The maximum Gasteiger partial charge on any atom is 0.269 e. The summed E-state index contributed by atoms with van der Waals surface area (Å²) in [7, 11) is 0. The lowest BCUT2D eigenvalue weighted by Crippen LogP contribution is -1.89. The van der Waals surface area contributed by atoms with Gasteiger partial charge >= 0.3 is 0 Å². The molecule has 1 heterocycles. The molecule has 19 heavy (non-hydrogen) atoms. The quantitative estimate of drug-likeness (QED) is 0.458. The summed E-state index contributed by atoms with van der Waals surface area (Å²) < 4.78 is 1.85. The molecular weight excluding hydrogens is 302 g/mol. The Kier molecular flexibility index (Phi) is 5.17. The van der Waals surface area contributed by atoms with Gasteiger partial charge in [0.2, 0.25) is 0 Å². The zero-order valence-corrected chi connectivity index (χ0v) is 12.6. The highest BCUT2D eigenvalue weighted by atomic mass is 32.2. The van der Waals surface area contributed by atoms with E-state index in [1.165, 1.54) is 6.07 Å². The zero-order valence-electron chi connectivity index (χ0n) is 10.1. The molecule has 0 radical (unpaired) electrons. The summed E-state index contributed by atoms with van der Waals surface area (Å²) in [5, 5.41) is 18.8. The Morgan fingerprint density at radius 3 is 2.74 bits per heavy atom. The van der Waals surface area contributed by atoms with Gasteiger partial charge in [-0.2, -0.15) is 0 Å². The molecule has 0 aliphatic carbocycles. The van der Waals surface area contributed by atoms with Crippen LogP contribution in [0.5, 0.6) is 0 Å². The average Bonchev–Trinajstić information content (AvgIpc) is 2.85. The SMILES string of the molecule is CCSc1nnc(SCc2cccc([N+](=O)[O-])c2)s1. The topological polar surface area (TPSA) is 68.9 Å². The second kappa shape index (κ2) is 6.88. The van der Waals surface area contributed by atoms with Crippen molar-refractivity contribution in [3.63, 3.8) is 0 Å². The normalized spacial score (nSPS) is 10.6. The van der Waals surface area contributed by atoms with Crippen LogP contribution in [0.2, 0.25) is 0 Å². The summed E-state index contributed by atoms with van der Waals surface area (Å²) in [6.45, 7) is 2.07. The summed E-state index contributed by atoms with van der Waals surface area (Å²) in [4.78, 5) is 10.3. The molecule has 8 heteroatoms. The molecule has 0 saturated heterocycles. The summed E-state index contributed by atoms with van der Waals surface area (Å²) in [5.41, 5.74) is 1.04. The second-order valence-electron chi connectivity index (χ2n) is 3.48. The lowest BCUT2D eigenvalue weighted by Gasteiger charge is -1.98. The van der Waals surface area contributed by atoms with Gasteiger partial charge in [-0.15, -0.1) is 10.2 Å². The largest absolute Gasteiger partial charge is 0.269 e. The monoisotopic (exact) mass is 313 g/mol. The van der Waals surface area contributed by atoms with Gasteiger partial charge in [0.15, 0.2) is 8.68 Å². The van der Waals surface area contributed by atoms with Gasteiger partial charge in [-0.05, 0) is 11.3 Å². The number of nitro benzene ring substituents is 1. The zero-order chi connectivity index (χ0) is 13.7. The average molecular weight is 313 g/mol. The van der Waals surface area contributed by atoms with E-state index in [1.807, 2.05) is 6.07 Å². The first-order valence-corrected chi connectivity index (χ1v) is 8.30. The number of nitro groups is 1. The van der Waals surface area contributed by atoms with Crippen LogP contribution in [0.3, 0.4) is 0 Å². The number of hydrogen-bond acceptors (Lipinski definition) is 7. The molecule has 0 saturated carbocycles. The highest BCUT2D eigenvalue weighted by Gasteiger charge is 2.08. The summed E-state index contributed by atoms with van der Waals surface area (Å²) >= 11 is 4.77. The van der Waals surface area contributed by atoms with E-state index in [0.717, 1.165) is 20.0 Å². The molecule has 5 nitrogen and oxygen atoms in total. The van der Waals surface area contributed by atoms with Crippen molar-refractivity contribution in [3.05, 3.63) is 39.9 Å². The Morgan fingerprint density at radius 2 is 2.05 bits per heavy atom. The molecule has 0 unspecified atom stereocenters. The predicted octanol–water partition coefficient (Wildman–Crippen LogP) is 3.85. The van der Waals surface area contributed by atoms with Crippen molar-refractivity contribution >= 4 is 40.5 Å². The van der Waals surface area contributed by atoms with Crippen molar-refractivity contribution in [2.75, 3.05) is 5.75 Å². The van der Waals surface area contributed by atoms with Crippen LogP contribution in [0, 0.1) is 10.1 Å². The summed E-state index contributed by atoms with van der Waals surface area (Å²) in [6.07, 6.45) is 0. The Morgan fingerprint density at radius 1 is 1.32 bits per heavy atom. The van der Waals surface area contributed by atoms with Gasteiger partial charge in [0.05, 0.1) is 4.92 Å². The molecule has 0 amide bonds. The smallest absolute Gasteiger partial charge is 0.258 e. The molecule has 2 rings (SSSR count). The van der Waals surface area contributed by atoms with E-state index in [4.69, 9.17) is 0 Å². The number of non-ortho nitro benzene ring substituents is 1. The Bertz CT molecular complexity index is 574. The van der Waals surface area contributed by atoms with Crippen LogP contribution in [0.25, 0.3) is 0 Å². The van der Waals surface area contributed by atoms with Crippen LogP contribution in [0.1, 0.15) is 12.5 Å². The van der Waals surface area contributed by atoms with Crippen molar-refractivity contribution in [2.45, 2.75) is 21.4 Å². The summed E-state index contributed by atoms with van der Waals surface area (Å²) in [6, 6.07) is 6.67. The highest BCUT2D eigenvalue weighted by Crippen LogP contribution is 2.30. The molecule has 2 aromatic rings. The number of thioether (sulfide) groups is 2. The van der Waals surface area contributed by atoms with E-state index in [2.05, 4.69) is 17.1 Å². The van der Waals surface area contributed by atoms with Gasteiger partial charge < -0.3 is 0 Å². The van der Waals surface area contributed by atoms with Crippen molar-refractivity contribution < 1.29 is 4.92 Å². The second-order valence-corrected chi connectivity index (χ2v) is 7.19. The standard InChI is InChI=1S/C11H11N3O2S3/c1-2-17-10-12-13-11(19-10)18-7-8-4-3-5-9(6-8)14(15)16/h3-6H,2,7H2,1H3. The Hall–Kier alpha value is -1.12. The van der Waals surface area contributed by atoms with Crippen molar-refractivity contribution in [1.82, 2.24) is 10.2 Å². The molecule has 100 valence electrons. The maximum absolute atomic E-state index is 10.7. The third-order valence-corrected chi connectivity index (χ3v) is 5.28. The third kappa shape index (κ3) is 4.19. The molecule has 1 aromatic carbocycles. The van der Waals surface area contributed by atoms with E-state index >= 15 is 0 Å². The lowest BCUT2D eigenvalue weighted by atomic mass is 10.2. The molecule has 0 aliphatic heterocycles. The van der Waals surface area contributed by atoms with E-state index in [1.54, 1.807) is 47.0 Å². The summed E-state index contributed by atoms with van der Waals surface area (Å²) in [5.74, 6) is 1.64. The molecule has 0 spiro atoms. The fourth-order valence-electron chi connectivity index (χ4n) is 1.34. The minimum Gasteiger partial charge on any atom is -0.258 e. The van der Waals surface area contributed by atoms with Crippen LogP contribution in [0.4, 0.5) is 5.69 Å². The van der Waals surface area contributed by atoms with E-state index < -0.39 is 0 Å². The Labute approximate surface area is 123 Å². The van der Waals surface area contributed by atoms with Gasteiger partial charge in [-0.3, -0.25) is 10.1 Å². The third-order valence-electron chi connectivity index (χ3n) is 2.14. The van der Waals surface area contributed by atoms with Crippen LogP contribution in [0.15, 0.2) is 32.9 Å². The molecule has 0 N–H and O–H groups in total. The fourth-order valence-corrected chi connectivity index (χ4v) is 4.20. The fraction of sp³-hybridized carbons (Fsp3) is 0.273. The molecule has 0 aliphatic rings. The molecular formula is C11H11N3O2S3. The minimum absolute atomic E-state index is 0.123. The molecule has 0 fully saturated rings. The first-order valence-electron chi connectivity index (χ1n) is 5.51. The van der Waals surface area contributed by atoms with E-state index in [9.17, 15) is 10.1 Å². The number of rotatable bonds is 6. The predicted molar refractivity (Wildman–Crippen MR) is 79.0 cm³/mol. The first-order chi connectivity index (χ1) is 9.19. The van der Waals surface area contributed by atoms with Crippen LogP contribution >= 0.6 is 34.9 Å². The number of benzene rings is 1. The first kappa shape index (κ1) is 14.3. The van der Waals surface area contributed by atoms with Crippen molar-refractivity contribution in [3.8, 4) is 0 Å². The lowest BCUT2D eigenvalue weighted by molar-refractivity contribution is -0.384.